The van der Waals surface area contributed by atoms with Crippen molar-refractivity contribution in [3.05, 3.63) is 23.4 Å². The highest BCUT2D eigenvalue weighted by Gasteiger charge is 2.33. The van der Waals surface area contributed by atoms with Crippen molar-refractivity contribution in [2.45, 2.75) is 44.3 Å². The summed E-state index contributed by atoms with van der Waals surface area (Å²) in [5.74, 6) is 0.767. The van der Waals surface area contributed by atoms with E-state index < -0.39 is 0 Å². The normalized spacial score (nSPS) is 16.7. The fraction of sp³-hybridized carbons (Fsp3) is 0.625. The second-order valence-corrected chi connectivity index (χ2v) is 6.96. The lowest BCUT2D eigenvalue weighted by Gasteiger charge is -2.27. The molecule has 116 valence electrons. The van der Waals surface area contributed by atoms with Crippen molar-refractivity contribution in [1.82, 2.24) is 10.3 Å². The summed E-state index contributed by atoms with van der Waals surface area (Å²) in [5, 5.41) is 6.28. The second kappa shape index (κ2) is 7.16. The Bertz CT molecular complexity index is 498. The lowest BCUT2D eigenvalue weighted by atomic mass is 10.1. The molecule has 1 aliphatic rings. The number of nitrogens with zero attached hydrogens (tertiary/aromatic N) is 1. The second-order valence-electron chi connectivity index (χ2n) is 5.69. The van der Waals surface area contributed by atoms with E-state index in [0.717, 1.165) is 24.6 Å². The van der Waals surface area contributed by atoms with Crippen LogP contribution in [0.5, 0.6) is 0 Å². The molecule has 2 N–H and O–H groups in total. The van der Waals surface area contributed by atoms with Crippen molar-refractivity contribution < 1.29 is 4.79 Å². The highest BCUT2D eigenvalue weighted by Crippen LogP contribution is 2.39. The van der Waals surface area contributed by atoms with Gasteiger partial charge < -0.3 is 10.6 Å². The standard InChI is InChI=1S/C16H25N3OS/c1-4-17-14-10-13(9-12(2)19-14)15(20)18-11-16(21-3)7-5-6-8-16/h9-10H,4-8,11H2,1-3H3,(H,17,19)(H,18,20). The van der Waals surface area contributed by atoms with E-state index in [9.17, 15) is 4.79 Å². The van der Waals surface area contributed by atoms with Crippen LogP contribution in [0.2, 0.25) is 0 Å². The first-order valence-corrected chi connectivity index (χ1v) is 8.87. The summed E-state index contributed by atoms with van der Waals surface area (Å²) in [6.07, 6.45) is 7.10. The number of carbonyl (C=O) groups excluding carboxylic acids is 1. The van der Waals surface area contributed by atoms with Gasteiger partial charge in [0, 0.05) is 29.1 Å². The van der Waals surface area contributed by atoms with Crippen LogP contribution >= 0.6 is 11.8 Å². The van der Waals surface area contributed by atoms with E-state index in [4.69, 9.17) is 0 Å². The number of hydrogen-bond acceptors (Lipinski definition) is 4. The molecule has 1 aliphatic carbocycles. The van der Waals surface area contributed by atoms with Crippen molar-refractivity contribution in [3.8, 4) is 0 Å². The van der Waals surface area contributed by atoms with Crippen molar-refractivity contribution >= 4 is 23.5 Å². The summed E-state index contributed by atoms with van der Waals surface area (Å²) in [7, 11) is 0. The maximum atomic E-state index is 12.4. The van der Waals surface area contributed by atoms with E-state index in [1.807, 2.05) is 37.7 Å². The topological polar surface area (TPSA) is 54.0 Å². The summed E-state index contributed by atoms with van der Waals surface area (Å²) < 4.78 is 0.238. The molecule has 1 saturated carbocycles. The third-order valence-corrected chi connectivity index (χ3v) is 5.51. The summed E-state index contributed by atoms with van der Waals surface area (Å²) >= 11 is 1.89. The predicted molar refractivity (Wildman–Crippen MR) is 90.2 cm³/mol. The molecule has 5 heteroatoms. The number of amides is 1. The van der Waals surface area contributed by atoms with Gasteiger partial charge in [-0.05, 0) is 45.1 Å². The molecule has 0 aliphatic heterocycles. The van der Waals surface area contributed by atoms with Gasteiger partial charge in [-0.25, -0.2) is 4.98 Å². The Kier molecular flexibility index (Phi) is 5.51. The van der Waals surface area contributed by atoms with Crippen LogP contribution in [0.25, 0.3) is 0 Å². The number of aryl methyl sites for hydroxylation is 1. The zero-order valence-corrected chi connectivity index (χ0v) is 14.0. The van der Waals surface area contributed by atoms with E-state index >= 15 is 0 Å². The first kappa shape index (κ1) is 16.1. The highest BCUT2D eigenvalue weighted by molar-refractivity contribution is 8.00. The van der Waals surface area contributed by atoms with E-state index in [0.29, 0.717) is 5.56 Å². The first-order valence-electron chi connectivity index (χ1n) is 7.64. The molecule has 0 atom stereocenters. The average molecular weight is 307 g/mol. The van der Waals surface area contributed by atoms with Gasteiger partial charge in [0.1, 0.15) is 5.82 Å². The first-order chi connectivity index (χ1) is 10.1. The van der Waals surface area contributed by atoms with Crippen molar-refractivity contribution in [1.29, 1.82) is 0 Å². The fourth-order valence-corrected chi connectivity index (χ4v) is 3.80. The molecule has 0 unspecified atom stereocenters. The third kappa shape index (κ3) is 4.13. The molecule has 4 nitrogen and oxygen atoms in total. The van der Waals surface area contributed by atoms with Crippen molar-refractivity contribution in [2.75, 3.05) is 24.7 Å². The van der Waals surface area contributed by atoms with Crippen LogP contribution in [0.1, 0.15) is 48.7 Å². The van der Waals surface area contributed by atoms with Gasteiger partial charge in [-0.15, -0.1) is 0 Å². The summed E-state index contributed by atoms with van der Waals surface area (Å²) in [6, 6.07) is 3.67. The lowest BCUT2D eigenvalue weighted by molar-refractivity contribution is 0.0949. The minimum atomic E-state index is -0.0000203. The van der Waals surface area contributed by atoms with Gasteiger partial charge in [0.05, 0.1) is 0 Å². The highest BCUT2D eigenvalue weighted by atomic mass is 32.2. The van der Waals surface area contributed by atoms with Crippen LogP contribution in [0.4, 0.5) is 5.82 Å². The van der Waals surface area contributed by atoms with Crippen LogP contribution in [0.15, 0.2) is 12.1 Å². The molecular weight excluding hydrogens is 282 g/mol. The van der Waals surface area contributed by atoms with Crippen LogP contribution in [0.3, 0.4) is 0 Å². The summed E-state index contributed by atoms with van der Waals surface area (Å²) in [4.78, 5) is 16.8. The number of carbonyl (C=O) groups is 1. The predicted octanol–water partition coefficient (Wildman–Crippen LogP) is 3.23. The number of aromatic nitrogens is 1. The third-order valence-electron chi connectivity index (χ3n) is 4.09. The van der Waals surface area contributed by atoms with E-state index in [-0.39, 0.29) is 10.7 Å². The Morgan fingerprint density at radius 2 is 2.10 bits per heavy atom. The monoisotopic (exact) mass is 307 g/mol. The zero-order chi connectivity index (χ0) is 15.3. The van der Waals surface area contributed by atoms with Crippen LogP contribution in [-0.4, -0.2) is 35.0 Å². The minimum absolute atomic E-state index is 0.0000203. The summed E-state index contributed by atoms with van der Waals surface area (Å²) in [6.45, 7) is 5.49. The molecular formula is C16H25N3OS. The van der Waals surface area contributed by atoms with Crippen molar-refractivity contribution in [2.24, 2.45) is 0 Å². The molecule has 1 aromatic rings. The Hall–Kier alpha value is -1.23. The van der Waals surface area contributed by atoms with Crippen LogP contribution in [-0.2, 0) is 0 Å². The molecule has 1 aromatic heterocycles. The summed E-state index contributed by atoms with van der Waals surface area (Å²) in [5.41, 5.74) is 1.55. The van der Waals surface area contributed by atoms with Crippen molar-refractivity contribution in [3.63, 3.8) is 0 Å². The number of pyridine rings is 1. The number of hydrogen-bond donors (Lipinski definition) is 2. The fourth-order valence-electron chi connectivity index (χ4n) is 2.89. The molecule has 1 fully saturated rings. The van der Waals surface area contributed by atoms with Gasteiger partial charge in [0.15, 0.2) is 0 Å². The average Bonchev–Trinajstić information content (AvgIpc) is 2.94. The lowest BCUT2D eigenvalue weighted by Crippen LogP contribution is -2.38. The SMILES string of the molecule is CCNc1cc(C(=O)NCC2(SC)CCCC2)cc(C)n1. The molecule has 0 radical (unpaired) electrons. The molecule has 0 bridgehead atoms. The Morgan fingerprint density at radius 3 is 2.71 bits per heavy atom. The smallest absolute Gasteiger partial charge is 0.251 e. The molecule has 0 saturated heterocycles. The zero-order valence-electron chi connectivity index (χ0n) is 13.2. The molecule has 2 rings (SSSR count). The van der Waals surface area contributed by atoms with Gasteiger partial charge in [0.25, 0.3) is 5.91 Å². The van der Waals surface area contributed by atoms with Gasteiger partial charge in [-0.3, -0.25) is 4.79 Å². The molecule has 1 amide bonds. The maximum absolute atomic E-state index is 12.4. The Morgan fingerprint density at radius 1 is 1.38 bits per heavy atom. The van der Waals surface area contributed by atoms with Crippen LogP contribution in [0, 0.1) is 6.92 Å². The molecule has 0 aromatic carbocycles. The number of rotatable bonds is 6. The van der Waals surface area contributed by atoms with E-state index in [1.54, 1.807) is 0 Å². The Labute approximate surface area is 131 Å². The van der Waals surface area contributed by atoms with Gasteiger partial charge in [0.2, 0.25) is 0 Å². The number of anilines is 1. The van der Waals surface area contributed by atoms with Gasteiger partial charge in [-0.1, -0.05) is 12.8 Å². The number of nitrogens with one attached hydrogen (secondary N) is 2. The van der Waals surface area contributed by atoms with E-state index in [2.05, 4.69) is 21.9 Å². The van der Waals surface area contributed by atoms with Gasteiger partial charge >= 0.3 is 0 Å². The molecule has 0 spiro atoms. The van der Waals surface area contributed by atoms with Crippen LogP contribution < -0.4 is 10.6 Å². The largest absolute Gasteiger partial charge is 0.370 e. The van der Waals surface area contributed by atoms with E-state index in [1.165, 1.54) is 25.7 Å². The minimum Gasteiger partial charge on any atom is -0.370 e. The Balaban J connectivity index is 2.02. The van der Waals surface area contributed by atoms with Gasteiger partial charge in [-0.2, -0.15) is 11.8 Å². The quantitative estimate of drug-likeness (QED) is 0.847. The molecule has 21 heavy (non-hydrogen) atoms. The maximum Gasteiger partial charge on any atom is 0.251 e. The molecule has 1 heterocycles. The number of thioether (sulfide) groups is 1.